The van der Waals surface area contributed by atoms with Gasteiger partial charge in [0.25, 0.3) is 0 Å². The van der Waals surface area contributed by atoms with Crippen LogP contribution in [0.1, 0.15) is 12.8 Å². The van der Waals surface area contributed by atoms with Gasteiger partial charge >= 0.3 is 0 Å². The molecule has 1 N–H and O–H groups in total. The Morgan fingerprint density at radius 3 is 2.29 bits per heavy atom. The molecule has 1 saturated carbocycles. The normalized spacial score (nSPS) is 26.3. The highest BCUT2D eigenvalue weighted by molar-refractivity contribution is 5.85. The van der Waals surface area contributed by atoms with E-state index in [9.17, 15) is 4.79 Å². The van der Waals surface area contributed by atoms with Crippen molar-refractivity contribution in [3.8, 4) is 0 Å². The summed E-state index contributed by atoms with van der Waals surface area (Å²) in [5.41, 5.74) is -0.379. The molecule has 0 aromatic rings. The van der Waals surface area contributed by atoms with Crippen molar-refractivity contribution in [2.24, 2.45) is 5.41 Å². The first-order valence-corrected chi connectivity index (χ1v) is 5.27. The van der Waals surface area contributed by atoms with Crippen LogP contribution in [-0.2, 0) is 4.79 Å². The molecule has 2 fully saturated rings. The summed E-state index contributed by atoms with van der Waals surface area (Å²) in [6.07, 6.45) is 1.74. The van der Waals surface area contributed by atoms with Crippen molar-refractivity contribution in [2.45, 2.75) is 12.8 Å². The maximum atomic E-state index is 12.0. The van der Waals surface area contributed by atoms with Gasteiger partial charge in [-0.2, -0.15) is 0 Å². The Labute approximate surface area is 84.5 Å². The largest absolute Gasteiger partial charge is 0.395 e. The molecule has 1 heterocycles. The van der Waals surface area contributed by atoms with Crippen molar-refractivity contribution >= 4 is 5.91 Å². The van der Waals surface area contributed by atoms with E-state index in [1.807, 2.05) is 4.90 Å². The summed E-state index contributed by atoms with van der Waals surface area (Å²) in [7, 11) is 2.07. The Morgan fingerprint density at radius 2 is 1.86 bits per heavy atom. The quantitative estimate of drug-likeness (QED) is 0.652. The van der Waals surface area contributed by atoms with Crippen LogP contribution in [0.15, 0.2) is 0 Å². The molecule has 2 aliphatic rings. The monoisotopic (exact) mass is 198 g/mol. The third-order valence-electron chi connectivity index (χ3n) is 3.40. The Bertz CT molecular complexity index is 230. The van der Waals surface area contributed by atoms with Crippen LogP contribution in [0.2, 0.25) is 0 Å². The Kier molecular flexibility index (Phi) is 2.49. The van der Waals surface area contributed by atoms with Crippen molar-refractivity contribution in [3.63, 3.8) is 0 Å². The van der Waals surface area contributed by atoms with Crippen LogP contribution in [0.4, 0.5) is 0 Å². The molecule has 0 spiro atoms. The van der Waals surface area contributed by atoms with E-state index in [-0.39, 0.29) is 17.9 Å². The predicted octanol–water partition coefficient (Wildman–Crippen LogP) is -0.467. The molecular formula is C10H18N2O2. The minimum atomic E-state index is -0.379. The molecule has 0 atom stereocenters. The van der Waals surface area contributed by atoms with E-state index in [1.54, 1.807) is 0 Å². The first-order valence-electron chi connectivity index (χ1n) is 5.27. The molecule has 4 nitrogen and oxygen atoms in total. The van der Waals surface area contributed by atoms with Crippen LogP contribution in [-0.4, -0.2) is 60.6 Å². The zero-order valence-corrected chi connectivity index (χ0v) is 8.70. The highest BCUT2D eigenvalue weighted by Gasteiger charge is 2.51. The smallest absolute Gasteiger partial charge is 0.231 e. The second-order valence-corrected chi connectivity index (χ2v) is 4.53. The van der Waals surface area contributed by atoms with Gasteiger partial charge in [-0.25, -0.2) is 0 Å². The van der Waals surface area contributed by atoms with E-state index in [2.05, 4.69) is 11.9 Å². The SMILES string of the molecule is CN1CCN(C(=O)C2(CO)CC2)CC1. The topological polar surface area (TPSA) is 43.8 Å². The fraction of sp³-hybridized carbons (Fsp3) is 0.900. The lowest BCUT2D eigenvalue weighted by atomic mass is 10.1. The Morgan fingerprint density at radius 1 is 1.29 bits per heavy atom. The molecule has 1 amide bonds. The van der Waals surface area contributed by atoms with Crippen LogP contribution < -0.4 is 0 Å². The van der Waals surface area contributed by atoms with Crippen molar-refractivity contribution in [1.29, 1.82) is 0 Å². The van der Waals surface area contributed by atoms with Gasteiger partial charge in [-0.1, -0.05) is 0 Å². The molecule has 0 radical (unpaired) electrons. The number of rotatable bonds is 2. The third kappa shape index (κ3) is 1.64. The molecule has 1 aliphatic carbocycles. The summed E-state index contributed by atoms with van der Waals surface area (Å²) in [6, 6.07) is 0. The number of nitrogens with zero attached hydrogens (tertiary/aromatic N) is 2. The molecule has 14 heavy (non-hydrogen) atoms. The van der Waals surface area contributed by atoms with Gasteiger partial charge in [-0.05, 0) is 19.9 Å². The van der Waals surface area contributed by atoms with Gasteiger partial charge in [-0.3, -0.25) is 4.79 Å². The number of hydrogen-bond acceptors (Lipinski definition) is 3. The molecule has 0 unspecified atom stereocenters. The number of carbonyl (C=O) groups excluding carboxylic acids is 1. The van der Waals surface area contributed by atoms with Crippen molar-refractivity contribution in [3.05, 3.63) is 0 Å². The van der Waals surface area contributed by atoms with E-state index in [1.165, 1.54) is 0 Å². The first-order chi connectivity index (χ1) is 6.68. The van der Waals surface area contributed by atoms with Gasteiger partial charge in [0.1, 0.15) is 0 Å². The lowest BCUT2D eigenvalue weighted by Gasteiger charge is -2.34. The van der Waals surface area contributed by atoms with Crippen LogP contribution in [0.5, 0.6) is 0 Å². The summed E-state index contributed by atoms with van der Waals surface area (Å²) >= 11 is 0. The number of aliphatic hydroxyl groups is 1. The number of aliphatic hydroxyl groups excluding tert-OH is 1. The lowest BCUT2D eigenvalue weighted by Crippen LogP contribution is -2.50. The summed E-state index contributed by atoms with van der Waals surface area (Å²) in [4.78, 5) is 16.1. The molecule has 1 saturated heterocycles. The average molecular weight is 198 g/mol. The fourth-order valence-electron chi connectivity index (χ4n) is 1.94. The molecule has 0 aromatic heterocycles. The van der Waals surface area contributed by atoms with Gasteiger partial charge in [0.2, 0.25) is 5.91 Å². The fourth-order valence-corrected chi connectivity index (χ4v) is 1.94. The summed E-state index contributed by atoms with van der Waals surface area (Å²) in [5, 5.41) is 9.15. The molecular weight excluding hydrogens is 180 g/mol. The molecule has 4 heteroatoms. The van der Waals surface area contributed by atoms with E-state index >= 15 is 0 Å². The third-order valence-corrected chi connectivity index (χ3v) is 3.40. The highest BCUT2D eigenvalue weighted by Crippen LogP contribution is 2.46. The van der Waals surface area contributed by atoms with Gasteiger partial charge in [0.05, 0.1) is 12.0 Å². The van der Waals surface area contributed by atoms with Gasteiger partial charge in [0, 0.05) is 26.2 Å². The van der Waals surface area contributed by atoms with Crippen molar-refractivity contribution in [2.75, 3.05) is 39.8 Å². The Balaban J connectivity index is 1.92. The maximum absolute atomic E-state index is 12.0. The standard InChI is InChI=1S/C10H18N2O2/c1-11-4-6-12(7-5-11)9(14)10(8-13)2-3-10/h13H,2-8H2,1H3. The number of hydrogen-bond donors (Lipinski definition) is 1. The number of piperazine rings is 1. The maximum Gasteiger partial charge on any atom is 0.231 e. The summed E-state index contributed by atoms with van der Waals surface area (Å²) in [6.45, 7) is 3.56. The zero-order chi connectivity index (χ0) is 10.2. The molecule has 2 rings (SSSR count). The minimum absolute atomic E-state index is 0.0260. The molecule has 1 aliphatic heterocycles. The van der Waals surface area contributed by atoms with Crippen molar-refractivity contribution in [1.82, 2.24) is 9.80 Å². The van der Waals surface area contributed by atoms with E-state index < -0.39 is 0 Å². The molecule has 0 bridgehead atoms. The summed E-state index contributed by atoms with van der Waals surface area (Å²) in [5.74, 6) is 0.174. The zero-order valence-electron chi connectivity index (χ0n) is 8.70. The van der Waals surface area contributed by atoms with Crippen LogP contribution >= 0.6 is 0 Å². The van der Waals surface area contributed by atoms with Crippen LogP contribution in [0.25, 0.3) is 0 Å². The average Bonchev–Trinajstić information content (AvgIpc) is 2.99. The van der Waals surface area contributed by atoms with Crippen LogP contribution in [0.3, 0.4) is 0 Å². The van der Waals surface area contributed by atoms with Gasteiger partial charge in [-0.15, -0.1) is 0 Å². The Hall–Kier alpha value is -0.610. The van der Waals surface area contributed by atoms with E-state index in [4.69, 9.17) is 5.11 Å². The van der Waals surface area contributed by atoms with Gasteiger partial charge < -0.3 is 14.9 Å². The molecule has 80 valence electrons. The number of carbonyl (C=O) groups is 1. The number of likely N-dealkylation sites (N-methyl/N-ethyl adjacent to an activating group) is 1. The van der Waals surface area contributed by atoms with Gasteiger partial charge in [0.15, 0.2) is 0 Å². The van der Waals surface area contributed by atoms with Crippen LogP contribution in [0, 0.1) is 5.41 Å². The predicted molar refractivity (Wildman–Crippen MR) is 52.8 cm³/mol. The minimum Gasteiger partial charge on any atom is -0.395 e. The number of amides is 1. The molecule has 0 aromatic carbocycles. The van der Waals surface area contributed by atoms with E-state index in [0.29, 0.717) is 0 Å². The summed E-state index contributed by atoms with van der Waals surface area (Å²) < 4.78 is 0. The second-order valence-electron chi connectivity index (χ2n) is 4.53. The van der Waals surface area contributed by atoms with Crippen molar-refractivity contribution < 1.29 is 9.90 Å². The first kappa shape index (κ1) is 9.93. The van der Waals surface area contributed by atoms with E-state index in [0.717, 1.165) is 39.0 Å². The lowest BCUT2D eigenvalue weighted by molar-refractivity contribution is -0.140. The highest BCUT2D eigenvalue weighted by atomic mass is 16.3. The second kappa shape index (κ2) is 3.51.